The van der Waals surface area contributed by atoms with Crippen LogP contribution in [0.2, 0.25) is 0 Å². The summed E-state index contributed by atoms with van der Waals surface area (Å²) in [4.78, 5) is 0. The maximum atomic E-state index is 6.64. The Balaban J connectivity index is 1.18. The smallest absolute Gasteiger partial charge is 0.161 e. The monoisotopic (exact) mass is 601 g/mol. The molecule has 0 radical (unpaired) electrons. The molecule has 0 unspecified atom stereocenters. The molecule has 0 aliphatic carbocycles. The van der Waals surface area contributed by atoms with E-state index >= 15 is 0 Å². The maximum Gasteiger partial charge on any atom is 0.161 e. The van der Waals surface area contributed by atoms with Crippen molar-refractivity contribution >= 4 is 54.9 Å². The molecular weight excluding hydrogens is 574 g/mol. The number of benzene rings is 7. The molecule has 0 spiro atoms. The molecule has 0 saturated carbocycles. The zero-order valence-electron chi connectivity index (χ0n) is 25.4. The third-order valence-electron chi connectivity index (χ3n) is 9.41. The Hall–Kier alpha value is -6.32. The molecule has 47 heavy (non-hydrogen) atoms. The van der Waals surface area contributed by atoms with Gasteiger partial charge in [0.2, 0.25) is 0 Å². The minimum absolute atomic E-state index is 0.877. The van der Waals surface area contributed by atoms with Crippen LogP contribution in [-0.2, 0) is 0 Å². The second-order valence-electron chi connectivity index (χ2n) is 12.1. The highest BCUT2D eigenvalue weighted by molar-refractivity contribution is 6.20. The lowest BCUT2D eigenvalue weighted by atomic mass is 9.95. The first-order valence-electron chi connectivity index (χ1n) is 15.9. The van der Waals surface area contributed by atoms with Crippen molar-refractivity contribution in [2.45, 2.75) is 0 Å². The van der Waals surface area contributed by atoms with Gasteiger partial charge in [0.25, 0.3) is 0 Å². The minimum Gasteiger partial charge on any atom is -0.455 e. The normalized spacial score (nSPS) is 11.8. The number of rotatable bonds is 4. The molecule has 0 saturated heterocycles. The second-order valence-corrected chi connectivity index (χ2v) is 12.1. The number of furan rings is 2. The summed E-state index contributed by atoms with van der Waals surface area (Å²) in [7, 11) is 0. The van der Waals surface area contributed by atoms with Crippen molar-refractivity contribution < 1.29 is 8.83 Å². The van der Waals surface area contributed by atoms with E-state index in [1.807, 2.05) is 6.07 Å². The van der Waals surface area contributed by atoms with Crippen LogP contribution < -0.4 is 0 Å². The highest BCUT2D eigenvalue weighted by atomic mass is 16.3. The van der Waals surface area contributed by atoms with Crippen LogP contribution in [0.15, 0.2) is 173 Å². The SMILES string of the molecule is c1ccc(-c2ccc3oc4c(-c5cccc(-c6cccc7oc8c9ccccc9n(-c9ccccc9)c8c67)c5)cccc4c3c2)cc1. The highest BCUT2D eigenvalue weighted by Gasteiger charge is 2.22. The predicted molar refractivity (Wildman–Crippen MR) is 194 cm³/mol. The molecule has 0 aliphatic heterocycles. The van der Waals surface area contributed by atoms with Crippen molar-refractivity contribution in [3.8, 4) is 39.1 Å². The first-order chi connectivity index (χ1) is 23.3. The summed E-state index contributed by atoms with van der Waals surface area (Å²) in [5.41, 5.74) is 13.7. The van der Waals surface area contributed by atoms with Crippen molar-refractivity contribution in [1.29, 1.82) is 0 Å². The first kappa shape index (κ1) is 26.0. The van der Waals surface area contributed by atoms with E-state index in [2.05, 4.69) is 162 Å². The topological polar surface area (TPSA) is 31.2 Å². The number of fused-ring (bicyclic) bond motifs is 8. The van der Waals surface area contributed by atoms with Gasteiger partial charge in [0, 0.05) is 27.4 Å². The van der Waals surface area contributed by atoms with E-state index in [-0.39, 0.29) is 0 Å². The third kappa shape index (κ3) is 3.93. The molecule has 0 amide bonds. The molecule has 0 fully saturated rings. The molecule has 3 heterocycles. The molecule has 0 N–H and O–H groups in total. The molecule has 7 aromatic carbocycles. The summed E-state index contributed by atoms with van der Waals surface area (Å²) >= 11 is 0. The Morgan fingerprint density at radius 2 is 1.04 bits per heavy atom. The fourth-order valence-electron chi connectivity index (χ4n) is 7.29. The number of hydrogen-bond donors (Lipinski definition) is 0. The average molecular weight is 602 g/mol. The third-order valence-corrected chi connectivity index (χ3v) is 9.41. The van der Waals surface area contributed by atoms with Gasteiger partial charge in [-0.05, 0) is 76.3 Å². The number of hydrogen-bond acceptors (Lipinski definition) is 2. The highest BCUT2D eigenvalue weighted by Crippen LogP contribution is 2.44. The predicted octanol–water partition coefficient (Wildman–Crippen LogP) is 12.4. The molecule has 3 aromatic heterocycles. The summed E-state index contributed by atoms with van der Waals surface area (Å²) in [6, 6.07) is 57.6. The average Bonchev–Trinajstić information content (AvgIpc) is 3.81. The molecule has 0 atom stereocenters. The van der Waals surface area contributed by atoms with Gasteiger partial charge in [-0.25, -0.2) is 0 Å². The van der Waals surface area contributed by atoms with Gasteiger partial charge in [-0.2, -0.15) is 0 Å². The van der Waals surface area contributed by atoms with Crippen molar-refractivity contribution in [1.82, 2.24) is 4.57 Å². The summed E-state index contributed by atoms with van der Waals surface area (Å²) in [5.74, 6) is 0. The second kappa shape index (κ2) is 10.1. The number of para-hydroxylation sites is 3. The number of aromatic nitrogens is 1. The van der Waals surface area contributed by atoms with Crippen LogP contribution >= 0.6 is 0 Å². The van der Waals surface area contributed by atoms with Crippen LogP contribution in [0.5, 0.6) is 0 Å². The van der Waals surface area contributed by atoms with Gasteiger partial charge in [-0.1, -0.05) is 115 Å². The lowest BCUT2D eigenvalue weighted by Gasteiger charge is -2.10. The van der Waals surface area contributed by atoms with Gasteiger partial charge < -0.3 is 13.4 Å². The standard InChI is InChI=1S/C44H27NO2/c1-3-12-28(13-4-1)29-24-25-39-37(27-29)35-21-10-20-34(43(35)46-39)31-15-9-14-30(26-31)33-19-11-23-40-41(33)42-44(47-40)36-18-7-8-22-38(36)45(42)32-16-5-2-6-17-32/h1-27H. The van der Waals surface area contributed by atoms with Gasteiger partial charge in [0.1, 0.15) is 22.3 Å². The summed E-state index contributed by atoms with van der Waals surface area (Å²) in [6.07, 6.45) is 0. The van der Waals surface area contributed by atoms with Crippen molar-refractivity contribution in [2.24, 2.45) is 0 Å². The van der Waals surface area contributed by atoms with Crippen molar-refractivity contribution in [3.05, 3.63) is 164 Å². The molecular formula is C44H27NO2. The van der Waals surface area contributed by atoms with E-state index in [4.69, 9.17) is 8.83 Å². The molecule has 220 valence electrons. The molecule has 10 aromatic rings. The minimum atomic E-state index is 0.877. The van der Waals surface area contributed by atoms with E-state index in [0.29, 0.717) is 0 Å². The van der Waals surface area contributed by atoms with E-state index in [1.54, 1.807) is 0 Å². The fraction of sp³-hybridized carbons (Fsp3) is 0. The summed E-state index contributed by atoms with van der Waals surface area (Å²) in [5, 5.41) is 4.45. The molecule has 0 aliphatic rings. The van der Waals surface area contributed by atoms with Gasteiger partial charge in [-0.15, -0.1) is 0 Å². The van der Waals surface area contributed by atoms with E-state index in [1.165, 1.54) is 11.1 Å². The zero-order chi connectivity index (χ0) is 30.9. The first-order valence-corrected chi connectivity index (χ1v) is 15.9. The Bertz CT molecular complexity index is 2780. The largest absolute Gasteiger partial charge is 0.455 e. The summed E-state index contributed by atoms with van der Waals surface area (Å²) in [6.45, 7) is 0. The molecule has 0 bridgehead atoms. The molecule has 3 nitrogen and oxygen atoms in total. The quantitative estimate of drug-likeness (QED) is 0.201. The Labute approximate surface area is 270 Å². The summed E-state index contributed by atoms with van der Waals surface area (Å²) < 4.78 is 15.5. The van der Waals surface area contributed by atoms with Crippen LogP contribution in [-0.4, -0.2) is 4.57 Å². The van der Waals surface area contributed by atoms with E-state index in [0.717, 1.165) is 82.9 Å². The fourth-order valence-corrected chi connectivity index (χ4v) is 7.29. The van der Waals surface area contributed by atoms with Gasteiger partial charge in [0.15, 0.2) is 5.58 Å². The Kier molecular flexibility index (Phi) is 5.57. The number of nitrogens with zero attached hydrogens (tertiary/aromatic N) is 1. The van der Waals surface area contributed by atoms with Crippen molar-refractivity contribution in [2.75, 3.05) is 0 Å². The Morgan fingerprint density at radius 3 is 1.91 bits per heavy atom. The lowest BCUT2D eigenvalue weighted by Crippen LogP contribution is -1.93. The van der Waals surface area contributed by atoms with Crippen molar-refractivity contribution in [3.63, 3.8) is 0 Å². The maximum absolute atomic E-state index is 6.64. The van der Waals surface area contributed by atoms with Gasteiger partial charge >= 0.3 is 0 Å². The lowest BCUT2D eigenvalue weighted by molar-refractivity contribution is 0.670. The van der Waals surface area contributed by atoms with Crippen LogP contribution in [0.3, 0.4) is 0 Å². The molecule has 3 heteroatoms. The van der Waals surface area contributed by atoms with Crippen LogP contribution in [0.25, 0.3) is 94.0 Å². The van der Waals surface area contributed by atoms with Crippen LogP contribution in [0.1, 0.15) is 0 Å². The van der Waals surface area contributed by atoms with Crippen LogP contribution in [0, 0.1) is 0 Å². The van der Waals surface area contributed by atoms with Gasteiger partial charge in [-0.3, -0.25) is 0 Å². The van der Waals surface area contributed by atoms with Gasteiger partial charge in [0.05, 0.1) is 10.9 Å². The van der Waals surface area contributed by atoms with Crippen LogP contribution in [0.4, 0.5) is 0 Å². The Morgan fingerprint density at radius 1 is 0.383 bits per heavy atom. The van der Waals surface area contributed by atoms with E-state index in [9.17, 15) is 0 Å². The zero-order valence-corrected chi connectivity index (χ0v) is 25.4. The van der Waals surface area contributed by atoms with E-state index < -0.39 is 0 Å². The molecule has 10 rings (SSSR count).